The number of guanidine groups is 1. The molecule has 16 heavy (non-hydrogen) atoms. The second kappa shape index (κ2) is 7.09. The molecule has 0 fully saturated rings. The Morgan fingerprint density at radius 2 is 2.19 bits per heavy atom. The molecule has 0 unspecified atom stereocenters. The monoisotopic (exact) mass is 240 g/mol. The normalized spacial score (nSPS) is 11.3. The average molecular weight is 241 g/mol. The van der Waals surface area contributed by atoms with Crippen molar-refractivity contribution in [2.24, 2.45) is 10.8 Å². The molecule has 0 radical (unpaired) electrons. The highest BCUT2D eigenvalue weighted by atomic mass is 35.5. The molecule has 0 heterocycles. The first-order valence-electron chi connectivity index (χ1n) is 5.26. The Balaban J connectivity index is 2.59. The molecule has 4 nitrogen and oxygen atoms in total. The van der Waals surface area contributed by atoms with Crippen molar-refractivity contribution in [3.8, 4) is 0 Å². The van der Waals surface area contributed by atoms with Crippen molar-refractivity contribution in [2.45, 2.75) is 19.9 Å². The van der Waals surface area contributed by atoms with Gasteiger partial charge in [-0.3, -0.25) is 5.43 Å². The van der Waals surface area contributed by atoms with Gasteiger partial charge in [0.05, 0.1) is 6.54 Å². The highest BCUT2D eigenvalue weighted by Gasteiger charge is 1.98. The number of rotatable bonds is 4. The number of aliphatic imine (C=N–C) groups is 1. The fraction of sp³-hybridized carbons (Fsp3) is 0.364. The minimum Gasteiger partial charge on any atom is -0.355 e. The molecule has 0 saturated heterocycles. The van der Waals surface area contributed by atoms with E-state index in [1.165, 1.54) is 0 Å². The zero-order chi connectivity index (χ0) is 11.8. The molecule has 0 aliphatic rings. The maximum absolute atomic E-state index is 6.01. The number of nitrogens with zero attached hydrogens (tertiary/aromatic N) is 1. The predicted octanol–water partition coefficient (Wildman–Crippen LogP) is 1.66. The van der Waals surface area contributed by atoms with Crippen LogP contribution in [-0.2, 0) is 6.54 Å². The number of benzene rings is 1. The third-order valence-electron chi connectivity index (χ3n) is 2.04. The van der Waals surface area contributed by atoms with Crippen molar-refractivity contribution in [2.75, 3.05) is 6.54 Å². The van der Waals surface area contributed by atoms with Crippen LogP contribution in [0.15, 0.2) is 29.3 Å². The van der Waals surface area contributed by atoms with Crippen LogP contribution in [0.5, 0.6) is 0 Å². The van der Waals surface area contributed by atoms with Gasteiger partial charge in [0.15, 0.2) is 0 Å². The van der Waals surface area contributed by atoms with Crippen LogP contribution in [-0.4, -0.2) is 12.5 Å². The van der Waals surface area contributed by atoms with E-state index >= 15 is 0 Å². The van der Waals surface area contributed by atoms with Gasteiger partial charge >= 0.3 is 0 Å². The summed E-state index contributed by atoms with van der Waals surface area (Å²) in [6.07, 6.45) is 1.02. The zero-order valence-corrected chi connectivity index (χ0v) is 10.1. The van der Waals surface area contributed by atoms with Gasteiger partial charge in [-0.05, 0) is 18.1 Å². The second-order valence-corrected chi connectivity index (χ2v) is 3.73. The van der Waals surface area contributed by atoms with Gasteiger partial charge in [-0.2, -0.15) is 0 Å². The summed E-state index contributed by atoms with van der Waals surface area (Å²) in [6.45, 7) is 3.43. The highest BCUT2D eigenvalue weighted by molar-refractivity contribution is 6.31. The lowest BCUT2D eigenvalue weighted by Gasteiger charge is -2.08. The molecule has 0 aliphatic carbocycles. The number of hydrogen-bond donors (Lipinski definition) is 3. The Bertz CT molecular complexity index is 352. The van der Waals surface area contributed by atoms with Gasteiger partial charge in [0, 0.05) is 11.6 Å². The van der Waals surface area contributed by atoms with E-state index in [0.29, 0.717) is 12.5 Å². The first-order chi connectivity index (χ1) is 7.77. The summed E-state index contributed by atoms with van der Waals surface area (Å²) in [4.78, 5) is 4.30. The van der Waals surface area contributed by atoms with E-state index in [2.05, 4.69) is 22.7 Å². The van der Waals surface area contributed by atoms with Gasteiger partial charge < -0.3 is 5.32 Å². The number of nitrogens with two attached hydrogens (primary N) is 1. The van der Waals surface area contributed by atoms with Gasteiger partial charge in [0.1, 0.15) is 0 Å². The van der Waals surface area contributed by atoms with Crippen LogP contribution < -0.4 is 16.6 Å². The number of nitrogens with one attached hydrogen (secondary N) is 2. The molecule has 1 aromatic carbocycles. The lowest BCUT2D eigenvalue weighted by molar-refractivity contribution is 0.790. The van der Waals surface area contributed by atoms with Crippen LogP contribution in [0.4, 0.5) is 0 Å². The van der Waals surface area contributed by atoms with Crippen molar-refractivity contribution in [3.05, 3.63) is 34.9 Å². The van der Waals surface area contributed by atoms with Gasteiger partial charge in [-0.15, -0.1) is 0 Å². The van der Waals surface area contributed by atoms with Gasteiger partial charge in [-0.25, -0.2) is 10.8 Å². The Hall–Kier alpha value is -1.26. The zero-order valence-electron chi connectivity index (χ0n) is 9.33. The fourth-order valence-corrected chi connectivity index (χ4v) is 1.38. The van der Waals surface area contributed by atoms with Crippen molar-refractivity contribution >= 4 is 17.6 Å². The molecule has 0 aromatic heterocycles. The SMILES string of the molecule is CCCNC(=NCc1ccccc1Cl)NN. The largest absolute Gasteiger partial charge is 0.355 e. The third kappa shape index (κ3) is 4.08. The van der Waals surface area contributed by atoms with Crippen LogP contribution in [0.2, 0.25) is 5.02 Å². The second-order valence-electron chi connectivity index (χ2n) is 3.33. The fourth-order valence-electron chi connectivity index (χ4n) is 1.19. The van der Waals surface area contributed by atoms with Crippen molar-refractivity contribution in [1.29, 1.82) is 0 Å². The van der Waals surface area contributed by atoms with E-state index in [0.717, 1.165) is 23.6 Å². The van der Waals surface area contributed by atoms with E-state index < -0.39 is 0 Å². The molecule has 5 heteroatoms. The number of hydrazine groups is 1. The molecule has 0 atom stereocenters. The number of halogens is 1. The van der Waals surface area contributed by atoms with Crippen molar-refractivity contribution in [1.82, 2.24) is 10.7 Å². The maximum atomic E-state index is 6.01. The molecule has 0 amide bonds. The molecule has 1 rings (SSSR count). The summed E-state index contributed by atoms with van der Waals surface area (Å²) in [5.74, 6) is 5.92. The van der Waals surface area contributed by atoms with E-state index in [9.17, 15) is 0 Å². The van der Waals surface area contributed by atoms with Gasteiger partial charge in [0.2, 0.25) is 5.96 Å². The van der Waals surface area contributed by atoms with E-state index in [4.69, 9.17) is 17.4 Å². The summed E-state index contributed by atoms with van der Waals surface area (Å²) in [5.41, 5.74) is 3.50. The Morgan fingerprint density at radius 1 is 1.44 bits per heavy atom. The standard InChI is InChI=1S/C11H17ClN4/c1-2-7-14-11(16-13)15-8-9-5-3-4-6-10(9)12/h3-6H,2,7-8,13H2,1H3,(H2,14,15,16). The molecule has 0 bridgehead atoms. The van der Waals surface area contributed by atoms with Crippen LogP contribution in [0.1, 0.15) is 18.9 Å². The molecular weight excluding hydrogens is 224 g/mol. The summed E-state index contributed by atoms with van der Waals surface area (Å²) in [5, 5.41) is 3.80. The van der Waals surface area contributed by atoms with Gasteiger partial charge in [-0.1, -0.05) is 36.7 Å². The van der Waals surface area contributed by atoms with Crippen LogP contribution >= 0.6 is 11.6 Å². The van der Waals surface area contributed by atoms with Crippen LogP contribution in [0.3, 0.4) is 0 Å². The molecule has 0 aliphatic heterocycles. The van der Waals surface area contributed by atoms with Crippen molar-refractivity contribution < 1.29 is 0 Å². The average Bonchev–Trinajstić information content (AvgIpc) is 2.31. The molecule has 0 saturated carbocycles. The first kappa shape index (κ1) is 12.8. The first-order valence-corrected chi connectivity index (χ1v) is 5.64. The van der Waals surface area contributed by atoms with E-state index in [1.807, 2.05) is 24.3 Å². The lowest BCUT2D eigenvalue weighted by atomic mass is 10.2. The Labute approximate surface area is 101 Å². The minimum absolute atomic E-state index is 0.510. The molecule has 1 aromatic rings. The van der Waals surface area contributed by atoms with E-state index in [1.54, 1.807) is 0 Å². The molecular formula is C11H17ClN4. The Kier molecular flexibility index (Phi) is 5.67. The minimum atomic E-state index is 0.510. The maximum Gasteiger partial charge on any atom is 0.206 e. The third-order valence-corrected chi connectivity index (χ3v) is 2.41. The molecule has 4 N–H and O–H groups in total. The lowest BCUT2D eigenvalue weighted by Crippen LogP contribution is -2.41. The predicted molar refractivity (Wildman–Crippen MR) is 68.2 cm³/mol. The Morgan fingerprint density at radius 3 is 2.81 bits per heavy atom. The molecule has 0 spiro atoms. The van der Waals surface area contributed by atoms with Crippen LogP contribution in [0, 0.1) is 0 Å². The summed E-state index contributed by atoms with van der Waals surface area (Å²) in [7, 11) is 0. The summed E-state index contributed by atoms with van der Waals surface area (Å²) >= 11 is 6.01. The topological polar surface area (TPSA) is 62.4 Å². The van der Waals surface area contributed by atoms with Crippen LogP contribution in [0.25, 0.3) is 0 Å². The summed E-state index contributed by atoms with van der Waals surface area (Å²) in [6, 6.07) is 7.62. The smallest absolute Gasteiger partial charge is 0.206 e. The summed E-state index contributed by atoms with van der Waals surface area (Å²) < 4.78 is 0. The van der Waals surface area contributed by atoms with Crippen molar-refractivity contribution in [3.63, 3.8) is 0 Å². The number of hydrogen-bond acceptors (Lipinski definition) is 2. The quantitative estimate of drug-likeness (QED) is 0.325. The highest BCUT2D eigenvalue weighted by Crippen LogP contribution is 2.15. The van der Waals surface area contributed by atoms with E-state index in [-0.39, 0.29) is 0 Å². The van der Waals surface area contributed by atoms with Gasteiger partial charge in [0.25, 0.3) is 0 Å². The molecule has 88 valence electrons.